The van der Waals surface area contributed by atoms with Crippen molar-refractivity contribution >= 4 is 61.5 Å². The third-order valence-electron chi connectivity index (χ3n) is 6.65. The van der Waals surface area contributed by atoms with Crippen LogP contribution in [0.1, 0.15) is 52.5 Å². The highest BCUT2D eigenvalue weighted by molar-refractivity contribution is 7.93. The number of nitrogens with zero attached hydrogens (tertiary/aromatic N) is 2. The van der Waals surface area contributed by atoms with Crippen molar-refractivity contribution in [2.75, 3.05) is 10.8 Å². The molecule has 0 unspecified atom stereocenters. The normalized spacial score (nSPS) is 14.9. The van der Waals surface area contributed by atoms with Crippen LogP contribution in [0.4, 0.5) is 5.69 Å². The monoisotopic (exact) mass is 589 g/mol. The zero-order chi connectivity index (χ0) is 28.5. The summed E-state index contributed by atoms with van der Waals surface area (Å²) in [5, 5.41) is 5.30. The van der Waals surface area contributed by atoms with Gasteiger partial charge in [-0.1, -0.05) is 60.5 Å². The minimum absolute atomic E-state index is 0.0684. The molecule has 0 spiro atoms. The van der Waals surface area contributed by atoms with Crippen LogP contribution in [0.15, 0.2) is 59.5 Å². The maximum atomic E-state index is 13.6. The van der Waals surface area contributed by atoms with E-state index in [-0.39, 0.29) is 42.6 Å². The molecule has 0 aliphatic carbocycles. The third-order valence-corrected chi connectivity index (χ3v) is 9.25. The average molecular weight is 591 g/mol. The minimum Gasteiger partial charge on any atom is -0.350 e. The molecule has 208 valence electrons. The maximum absolute atomic E-state index is 13.6. The molecule has 3 aromatic carbocycles. The van der Waals surface area contributed by atoms with Crippen LogP contribution in [0.5, 0.6) is 0 Å². The van der Waals surface area contributed by atoms with E-state index in [0.29, 0.717) is 27.5 Å². The van der Waals surface area contributed by atoms with Gasteiger partial charge in [0.15, 0.2) is 0 Å². The van der Waals surface area contributed by atoms with Gasteiger partial charge >= 0.3 is 0 Å². The quantitative estimate of drug-likeness (QED) is 0.324. The van der Waals surface area contributed by atoms with Crippen molar-refractivity contribution in [3.63, 3.8) is 0 Å². The number of nitrogens with one attached hydrogen (secondary N) is 1. The molecule has 1 atom stereocenters. The number of amides is 2. The molecule has 39 heavy (non-hydrogen) atoms. The number of sulfonamides is 1. The molecule has 0 aromatic heterocycles. The molecule has 10 heteroatoms. The number of halogens is 2. The van der Waals surface area contributed by atoms with E-state index in [0.717, 1.165) is 10.9 Å². The number of hydrogen-bond acceptors (Lipinski definition) is 4. The van der Waals surface area contributed by atoms with Crippen molar-refractivity contribution in [2.45, 2.75) is 70.0 Å². The first-order chi connectivity index (χ1) is 18.3. The Morgan fingerprint density at radius 2 is 1.72 bits per heavy atom. The van der Waals surface area contributed by atoms with Crippen LogP contribution in [-0.2, 0) is 26.2 Å². The van der Waals surface area contributed by atoms with Gasteiger partial charge in [0, 0.05) is 30.4 Å². The molecule has 0 fully saturated rings. The Labute approximate surface area is 240 Å². The van der Waals surface area contributed by atoms with E-state index in [1.807, 2.05) is 45.9 Å². The van der Waals surface area contributed by atoms with E-state index >= 15 is 0 Å². The molecule has 1 N–H and O–H groups in total. The number of anilines is 1. The largest absolute Gasteiger partial charge is 0.350 e. The summed E-state index contributed by atoms with van der Waals surface area (Å²) in [5.41, 5.74) is 0.895. The Morgan fingerprint density at radius 3 is 2.36 bits per heavy atom. The van der Waals surface area contributed by atoms with Gasteiger partial charge in [0.05, 0.1) is 20.6 Å². The number of carbonyl (C=O) groups is 2. The molecule has 1 aliphatic rings. The van der Waals surface area contributed by atoms with Crippen molar-refractivity contribution in [2.24, 2.45) is 0 Å². The van der Waals surface area contributed by atoms with E-state index in [1.165, 1.54) is 4.31 Å². The van der Waals surface area contributed by atoms with Gasteiger partial charge in [-0.15, -0.1) is 0 Å². The molecule has 7 nitrogen and oxygen atoms in total. The van der Waals surface area contributed by atoms with Gasteiger partial charge in [-0.2, -0.15) is 0 Å². The Kier molecular flexibility index (Phi) is 8.50. The zero-order valence-corrected chi connectivity index (χ0v) is 24.8. The first-order valence-corrected chi connectivity index (χ1v) is 15.1. The summed E-state index contributed by atoms with van der Waals surface area (Å²) in [6.07, 6.45) is 0.767. The number of hydrogen-bond donors (Lipinski definition) is 1. The maximum Gasteiger partial charge on any atom is 0.265 e. The molecule has 1 aliphatic heterocycles. The molecule has 2 amide bonds. The molecule has 0 saturated carbocycles. The smallest absolute Gasteiger partial charge is 0.265 e. The lowest BCUT2D eigenvalue weighted by Gasteiger charge is -2.33. The van der Waals surface area contributed by atoms with E-state index in [9.17, 15) is 18.0 Å². The van der Waals surface area contributed by atoms with Crippen LogP contribution >= 0.6 is 23.2 Å². The lowest BCUT2D eigenvalue weighted by molar-refractivity contribution is -0.142. The summed E-state index contributed by atoms with van der Waals surface area (Å²) in [6, 6.07) is 15.2. The lowest BCUT2D eigenvalue weighted by Crippen LogP contribution is -2.53. The van der Waals surface area contributed by atoms with Gasteiger partial charge in [0.1, 0.15) is 6.04 Å². The molecular formula is C29H33Cl2N3O4S. The van der Waals surface area contributed by atoms with Crippen LogP contribution in [-0.4, -0.2) is 43.3 Å². The second kappa shape index (κ2) is 11.4. The summed E-state index contributed by atoms with van der Waals surface area (Å²) in [6.45, 7) is 7.83. The molecule has 4 rings (SSSR count). The van der Waals surface area contributed by atoms with Gasteiger partial charge in [0.25, 0.3) is 10.0 Å². The Bertz CT molecular complexity index is 1510. The first kappa shape index (κ1) is 29.2. The van der Waals surface area contributed by atoms with Crippen LogP contribution < -0.4 is 9.62 Å². The average Bonchev–Trinajstić information content (AvgIpc) is 3.08. The predicted octanol–water partition coefficient (Wildman–Crippen LogP) is 6.16. The van der Waals surface area contributed by atoms with Gasteiger partial charge in [-0.25, -0.2) is 8.42 Å². The zero-order valence-electron chi connectivity index (χ0n) is 22.5. The third kappa shape index (κ3) is 6.18. The minimum atomic E-state index is -3.71. The molecule has 0 bridgehead atoms. The number of carbonyl (C=O) groups excluding carboxylic acids is 2. The van der Waals surface area contributed by atoms with Crippen molar-refractivity contribution in [1.29, 1.82) is 0 Å². The standard InChI is InChI=1S/C29H33Cl2N3O4S/c1-5-23(28(36)32-29(2,3)4)33(18-19-14-15-21(30)22(31)17-19)26(35)13-8-16-34-24-11-6-9-20-10-7-12-25(27(20)24)39(34,37)38/h6-7,9-12,14-15,17,23H,5,8,13,16,18H2,1-4H3,(H,32,36)/t23-/m1/s1. The second-order valence-electron chi connectivity index (χ2n) is 10.7. The number of benzene rings is 3. The summed E-state index contributed by atoms with van der Waals surface area (Å²) < 4.78 is 28.0. The van der Waals surface area contributed by atoms with Crippen LogP contribution in [0.3, 0.4) is 0 Å². The highest BCUT2D eigenvalue weighted by Crippen LogP contribution is 2.42. The van der Waals surface area contributed by atoms with Gasteiger partial charge < -0.3 is 10.2 Å². The Balaban J connectivity index is 1.54. The van der Waals surface area contributed by atoms with E-state index in [2.05, 4.69) is 5.32 Å². The lowest BCUT2D eigenvalue weighted by atomic mass is 10.0. The second-order valence-corrected chi connectivity index (χ2v) is 13.4. The van der Waals surface area contributed by atoms with Crippen molar-refractivity contribution < 1.29 is 18.0 Å². The summed E-state index contributed by atoms with van der Waals surface area (Å²) >= 11 is 12.3. The molecule has 3 aromatic rings. The van der Waals surface area contributed by atoms with Crippen molar-refractivity contribution in [3.8, 4) is 0 Å². The van der Waals surface area contributed by atoms with Crippen LogP contribution in [0, 0.1) is 0 Å². The van der Waals surface area contributed by atoms with E-state index < -0.39 is 21.6 Å². The topological polar surface area (TPSA) is 86.8 Å². The molecule has 1 heterocycles. The summed E-state index contributed by atoms with van der Waals surface area (Å²) in [7, 11) is -3.71. The van der Waals surface area contributed by atoms with Crippen LogP contribution in [0.2, 0.25) is 10.0 Å². The van der Waals surface area contributed by atoms with Crippen molar-refractivity contribution in [3.05, 3.63) is 70.2 Å². The predicted molar refractivity (Wildman–Crippen MR) is 157 cm³/mol. The Hall–Kier alpha value is -2.81. The fourth-order valence-corrected chi connectivity index (χ4v) is 6.99. The fourth-order valence-electron chi connectivity index (χ4n) is 4.92. The fraction of sp³-hybridized carbons (Fsp3) is 0.379. The van der Waals surface area contributed by atoms with E-state index in [1.54, 1.807) is 41.3 Å². The molecule has 0 radical (unpaired) electrons. The summed E-state index contributed by atoms with van der Waals surface area (Å²) in [5.74, 6) is -0.494. The highest BCUT2D eigenvalue weighted by atomic mass is 35.5. The summed E-state index contributed by atoms with van der Waals surface area (Å²) in [4.78, 5) is 28.7. The SMILES string of the molecule is CC[C@H](C(=O)NC(C)(C)C)N(Cc1ccc(Cl)c(Cl)c1)C(=O)CCCN1c2cccc3cccc(c23)S1(=O)=O. The highest BCUT2D eigenvalue weighted by Gasteiger charge is 2.36. The van der Waals surface area contributed by atoms with Gasteiger partial charge in [-0.3, -0.25) is 13.9 Å². The number of rotatable bonds is 9. The van der Waals surface area contributed by atoms with Gasteiger partial charge in [0.2, 0.25) is 11.8 Å². The van der Waals surface area contributed by atoms with Crippen molar-refractivity contribution in [1.82, 2.24) is 10.2 Å². The molecule has 0 saturated heterocycles. The van der Waals surface area contributed by atoms with Crippen LogP contribution in [0.25, 0.3) is 10.8 Å². The molecular weight excluding hydrogens is 557 g/mol. The Morgan fingerprint density at radius 1 is 1.03 bits per heavy atom. The van der Waals surface area contributed by atoms with E-state index in [4.69, 9.17) is 23.2 Å². The first-order valence-electron chi connectivity index (χ1n) is 12.9. The van der Waals surface area contributed by atoms with Gasteiger partial charge in [-0.05, 0) is 68.8 Å².